The summed E-state index contributed by atoms with van der Waals surface area (Å²) in [6, 6.07) is 5.24. The van der Waals surface area contributed by atoms with Crippen molar-refractivity contribution in [1.29, 1.82) is 0 Å². The second-order valence-electron chi connectivity index (χ2n) is 8.63. The second kappa shape index (κ2) is 9.71. The van der Waals surface area contributed by atoms with Crippen LogP contribution in [0, 0.1) is 5.92 Å². The molecule has 0 bridgehead atoms. The Balaban J connectivity index is 1.33. The van der Waals surface area contributed by atoms with E-state index in [4.69, 9.17) is 9.47 Å². The van der Waals surface area contributed by atoms with Gasteiger partial charge >= 0.3 is 12.1 Å². The van der Waals surface area contributed by atoms with Crippen molar-refractivity contribution >= 4 is 22.7 Å². The number of halogens is 3. The van der Waals surface area contributed by atoms with Crippen LogP contribution in [-0.4, -0.2) is 62.3 Å². The van der Waals surface area contributed by atoms with E-state index >= 15 is 0 Å². The van der Waals surface area contributed by atoms with Crippen molar-refractivity contribution in [3.05, 3.63) is 54.0 Å². The van der Waals surface area contributed by atoms with Crippen LogP contribution in [0.2, 0.25) is 0 Å². The van der Waals surface area contributed by atoms with Gasteiger partial charge in [-0.05, 0) is 43.5 Å². The zero-order chi connectivity index (χ0) is 26.2. The number of nitrogens with zero attached hydrogens (tertiary/aromatic N) is 7. The van der Waals surface area contributed by atoms with Crippen LogP contribution in [0.3, 0.4) is 0 Å². The molecule has 4 aromatic rings. The molecule has 0 unspecified atom stereocenters. The van der Waals surface area contributed by atoms with Gasteiger partial charge in [0.15, 0.2) is 0 Å². The molecule has 4 heterocycles. The van der Waals surface area contributed by atoms with E-state index in [0.717, 1.165) is 30.8 Å². The van der Waals surface area contributed by atoms with Crippen LogP contribution in [0.5, 0.6) is 5.88 Å². The number of alkyl halides is 3. The van der Waals surface area contributed by atoms with Gasteiger partial charge in [0, 0.05) is 31.5 Å². The summed E-state index contributed by atoms with van der Waals surface area (Å²) in [4.78, 5) is 23.0. The standard InChI is InChI=1S/C24H24F3N7O3/c1-3-37-22(35)16-10-28-34(14-16)23-30-19-11-29-33(20(19)21(31-23)36-2)13-15-8-9-32(12-15)18-6-4-17(5-7-18)24(25,26)27/h4-7,10-11,14-15H,3,8-9,12-13H2,1-2H3/t15-/m1/s1. The molecule has 3 aromatic heterocycles. The number of hydrogen-bond acceptors (Lipinski definition) is 8. The number of hydrogen-bond donors (Lipinski definition) is 0. The van der Waals surface area contributed by atoms with Crippen LogP contribution in [0.25, 0.3) is 17.0 Å². The van der Waals surface area contributed by atoms with Crippen molar-refractivity contribution in [3.8, 4) is 11.8 Å². The van der Waals surface area contributed by atoms with Crippen LogP contribution < -0.4 is 9.64 Å². The lowest BCUT2D eigenvalue weighted by molar-refractivity contribution is -0.137. The summed E-state index contributed by atoms with van der Waals surface area (Å²) >= 11 is 0. The summed E-state index contributed by atoms with van der Waals surface area (Å²) in [5.41, 5.74) is 1.55. The third-order valence-electron chi connectivity index (χ3n) is 6.21. The van der Waals surface area contributed by atoms with Gasteiger partial charge in [0.05, 0.1) is 37.2 Å². The molecule has 1 fully saturated rings. The molecule has 0 amide bonds. The van der Waals surface area contributed by atoms with Crippen LogP contribution in [0.1, 0.15) is 29.3 Å². The number of fused-ring (bicyclic) bond motifs is 1. The predicted molar refractivity (Wildman–Crippen MR) is 127 cm³/mol. The SMILES string of the molecule is CCOC(=O)c1cnn(-c2nc(OC)c3c(cnn3C[C@@H]3CCN(c4ccc(C(F)(F)F)cc4)C3)n2)c1. The first kappa shape index (κ1) is 24.5. The van der Waals surface area contributed by atoms with E-state index in [1.165, 1.54) is 36.3 Å². The van der Waals surface area contributed by atoms with Gasteiger partial charge in [-0.3, -0.25) is 4.68 Å². The minimum atomic E-state index is -4.35. The fraction of sp³-hybridized carbons (Fsp3) is 0.375. The highest BCUT2D eigenvalue weighted by Crippen LogP contribution is 2.32. The van der Waals surface area contributed by atoms with Crippen LogP contribution in [-0.2, 0) is 17.5 Å². The Bertz CT molecular complexity index is 1420. The molecule has 0 N–H and O–H groups in total. The number of carbonyl (C=O) groups is 1. The highest BCUT2D eigenvalue weighted by molar-refractivity contribution is 5.88. The highest BCUT2D eigenvalue weighted by Gasteiger charge is 2.31. The molecule has 37 heavy (non-hydrogen) atoms. The minimum absolute atomic E-state index is 0.216. The van der Waals surface area contributed by atoms with Crippen LogP contribution in [0.15, 0.2) is 42.9 Å². The maximum Gasteiger partial charge on any atom is 0.416 e. The predicted octanol–water partition coefficient (Wildman–Crippen LogP) is 3.74. The lowest BCUT2D eigenvalue weighted by Crippen LogP contribution is -2.21. The molecular weight excluding hydrogens is 491 g/mol. The normalized spacial score (nSPS) is 15.9. The summed E-state index contributed by atoms with van der Waals surface area (Å²) in [6.45, 7) is 3.95. The lowest BCUT2D eigenvalue weighted by atomic mass is 10.1. The number of ether oxygens (including phenoxy) is 2. The maximum absolute atomic E-state index is 12.9. The topological polar surface area (TPSA) is 100 Å². The van der Waals surface area contributed by atoms with E-state index in [2.05, 4.69) is 25.1 Å². The quantitative estimate of drug-likeness (QED) is 0.343. The first-order valence-electron chi connectivity index (χ1n) is 11.7. The Labute approximate surface area is 209 Å². The first-order chi connectivity index (χ1) is 17.8. The van der Waals surface area contributed by atoms with Gasteiger partial charge in [-0.2, -0.15) is 28.4 Å². The monoisotopic (exact) mass is 515 g/mol. The van der Waals surface area contributed by atoms with E-state index in [-0.39, 0.29) is 24.0 Å². The Morgan fingerprint density at radius 1 is 1.14 bits per heavy atom. The van der Waals surface area contributed by atoms with Gasteiger partial charge in [-0.25, -0.2) is 14.5 Å². The average Bonchev–Trinajstić information content (AvgIpc) is 3.64. The van der Waals surface area contributed by atoms with Gasteiger partial charge < -0.3 is 14.4 Å². The van der Waals surface area contributed by atoms with Crippen LogP contribution in [0.4, 0.5) is 18.9 Å². The third-order valence-corrected chi connectivity index (χ3v) is 6.21. The zero-order valence-corrected chi connectivity index (χ0v) is 20.1. The number of rotatable bonds is 7. The Hall–Kier alpha value is -4.16. The van der Waals surface area contributed by atoms with Crippen molar-refractivity contribution in [2.24, 2.45) is 5.92 Å². The fourth-order valence-corrected chi connectivity index (χ4v) is 4.41. The largest absolute Gasteiger partial charge is 0.479 e. The Kier molecular flexibility index (Phi) is 6.44. The van der Waals surface area contributed by atoms with E-state index in [1.54, 1.807) is 17.8 Å². The smallest absolute Gasteiger partial charge is 0.416 e. The summed E-state index contributed by atoms with van der Waals surface area (Å²) in [5.74, 6) is 0.251. The molecule has 1 aliphatic heterocycles. The molecule has 1 aromatic carbocycles. The summed E-state index contributed by atoms with van der Waals surface area (Å²) in [5, 5.41) is 8.64. The van der Waals surface area contributed by atoms with Gasteiger partial charge in [-0.15, -0.1) is 0 Å². The number of anilines is 1. The van der Waals surface area contributed by atoms with Crippen LogP contribution >= 0.6 is 0 Å². The van der Waals surface area contributed by atoms with Crippen molar-refractivity contribution in [3.63, 3.8) is 0 Å². The molecular formula is C24H24F3N7O3. The van der Waals surface area contributed by atoms with Gasteiger partial charge in [-0.1, -0.05) is 0 Å². The number of benzene rings is 1. The average molecular weight is 515 g/mol. The molecule has 1 atom stereocenters. The summed E-state index contributed by atoms with van der Waals surface area (Å²) in [6.07, 6.45) is 0.977. The van der Waals surface area contributed by atoms with Crippen molar-refractivity contribution in [2.75, 3.05) is 31.7 Å². The van der Waals surface area contributed by atoms with Crippen molar-refractivity contribution in [1.82, 2.24) is 29.5 Å². The third kappa shape index (κ3) is 4.93. The number of esters is 1. The molecule has 0 aliphatic carbocycles. The molecule has 0 saturated carbocycles. The maximum atomic E-state index is 12.9. The van der Waals surface area contributed by atoms with Crippen molar-refractivity contribution < 1.29 is 27.4 Å². The minimum Gasteiger partial charge on any atom is -0.479 e. The fourth-order valence-electron chi connectivity index (χ4n) is 4.41. The number of carbonyl (C=O) groups excluding carboxylic acids is 1. The number of methoxy groups -OCH3 is 1. The van der Waals surface area contributed by atoms with Gasteiger partial charge in [0.25, 0.3) is 5.95 Å². The molecule has 13 heteroatoms. The van der Waals surface area contributed by atoms with E-state index in [1.807, 2.05) is 0 Å². The molecule has 1 aliphatic rings. The van der Waals surface area contributed by atoms with E-state index in [9.17, 15) is 18.0 Å². The summed E-state index contributed by atoms with van der Waals surface area (Å²) < 4.78 is 52.3. The molecule has 5 rings (SSSR count). The Morgan fingerprint density at radius 2 is 1.92 bits per heavy atom. The van der Waals surface area contributed by atoms with Crippen molar-refractivity contribution in [2.45, 2.75) is 26.1 Å². The highest BCUT2D eigenvalue weighted by atomic mass is 19.4. The number of aromatic nitrogens is 6. The zero-order valence-electron chi connectivity index (χ0n) is 20.1. The lowest BCUT2D eigenvalue weighted by Gasteiger charge is -2.19. The molecule has 10 nitrogen and oxygen atoms in total. The van der Waals surface area contributed by atoms with Gasteiger partial charge in [0.2, 0.25) is 5.88 Å². The van der Waals surface area contributed by atoms with E-state index < -0.39 is 17.7 Å². The molecule has 0 radical (unpaired) electrons. The Morgan fingerprint density at radius 3 is 2.62 bits per heavy atom. The van der Waals surface area contributed by atoms with Gasteiger partial charge in [0.1, 0.15) is 11.0 Å². The first-order valence-corrected chi connectivity index (χ1v) is 11.7. The molecule has 1 saturated heterocycles. The molecule has 0 spiro atoms. The molecule has 194 valence electrons. The summed E-state index contributed by atoms with van der Waals surface area (Å²) in [7, 11) is 1.50. The second-order valence-corrected chi connectivity index (χ2v) is 8.63. The van der Waals surface area contributed by atoms with E-state index in [0.29, 0.717) is 30.0 Å².